The Morgan fingerprint density at radius 1 is 1.00 bits per heavy atom. The Labute approximate surface area is 134 Å². The number of rotatable bonds is 5. The van der Waals surface area contributed by atoms with Gasteiger partial charge in [-0.05, 0) is 48.5 Å². The molecule has 0 spiro atoms. The van der Waals surface area contributed by atoms with E-state index in [1.165, 1.54) is 6.92 Å². The normalized spacial score (nSPS) is 9.57. The third-order valence-electron chi connectivity index (χ3n) is 2.90. The van der Waals surface area contributed by atoms with Crippen LogP contribution in [0.4, 0.5) is 11.4 Å². The molecule has 0 aliphatic rings. The third-order valence-corrected chi connectivity index (χ3v) is 2.90. The fraction of sp³-hybridized carbons (Fsp3) is 0.111. The van der Waals surface area contributed by atoms with E-state index in [0.717, 1.165) is 0 Å². The van der Waals surface area contributed by atoms with Crippen molar-refractivity contribution in [3.63, 3.8) is 0 Å². The maximum atomic E-state index is 12.1. The summed E-state index contributed by atoms with van der Waals surface area (Å²) in [5.41, 5.74) is 1.81. The summed E-state index contributed by atoms with van der Waals surface area (Å²) in [6, 6.07) is 13.6. The van der Waals surface area contributed by atoms with Crippen molar-refractivity contribution in [1.29, 1.82) is 0 Å². The second-order valence-electron chi connectivity index (χ2n) is 4.73. The smallest absolute Gasteiger partial charge is 0.255 e. The van der Waals surface area contributed by atoms with Crippen LogP contribution >= 0.6 is 0 Å². The summed E-state index contributed by atoms with van der Waals surface area (Å²) in [7, 11) is 0. The van der Waals surface area contributed by atoms with Gasteiger partial charge in [0.05, 0.1) is 0 Å². The van der Waals surface area contributed by atoms with E-state index in [2.05, 4.69) is 16.6 Å². The van der Waals surface area contributed by atoms with E-state index in [-0.39, 0.29) is 18.4 Å². The van der Waals surface area contributed by atoms with Crippen molar-refractivity contribution in [3.8, 4) is 18.1 Å². The van der Waals surface area contributed by atoms with Gasteiger partial charge in [-0.2, -0.15) is 0 Å². The zero-order chi connectivity index (χ0) is 16.7. The van der Waals surface area contributed by atoms with Crippen molar-refractivity contribution in [2.24, 2.45) is 0 Å². The first kappa shape index (κ1) is 16.1. The molecule has 0 heterocycles. The van der Waals surface area contributed by atoms with Crippen LogP contribution < -0.4 is 15.4 Å². The van der Waals surface area contributed by atoms with Crippen LogP contribution in [0.5, 0.6) is 5.75 Å². The summed E-state index contributed by atoms with van der Waals surface area (Å²) in [5, 5.41) is 5.44. The zero-order valence-corrected chi connectivity index (χ0v) is 12.6. The first-order chi connectivity index (χ1) is 11.1. The molecule has 2 amide bonds. The number of nitrogens with one attached hydrogen (secondary N) is 2. The van der Waals surface area contributed by atoms with Crippen LogP contribution in [0.2, 0.25) is 0 Å². The highest BCUT2D eigenvalue weighted by molar-refractivity contribution is 6.04. The monoisotopic (exact) mass is 308 g/mol. The van der Waals surface area contributed by atoms with Gasteiger partial charge in [-0.25, -0.2) is 0 Å². The topological polar surface area (TPSA) is 67.4 Å². The molecule has 0 saturated carbocycles. The van der Waals surface area contributed by atoms with Crippen LogP contribution in [0, 0.1) is 12.3 Å². The highest BCUT2D eigenvalue weighted by atomic mass is 16.5. The number of terminal acetylenes is 1. The van der Waals surface area contributed by atoms with Gasteiger partial charge in [-0.15, -0.1) is 6.42 Å². The highest BCUT2D eigenvalue weighted by Gasteiger charge is 2.06. The first-order valence-corrected chi connectivity index (χ1v) is 6.94. The largest absolute Gasteiger partial charge is 0.481 e. The van der Waals surface area contributed by atoms with E-state index in [9.17, 15) is 9.59 Å². The van der Waals surface area contributed by atoms with Gasteiger partial charge in [0.2, 0.25) is 5.91 Å². The van der Waals surface area contributed by atoms with Crippen LogP contribution in [0.15, 0.2) is 48.5 Å². The van der Waals surface area contributed by atoms with Crippen molar-refractivity contribution in [3.05, 3.63) is 54.1 Å². The van der Waals surface area contributed by atoms with E-state index in [1.807, 2.05) is 0 Å². The molecule has 0 atom stereocenters. The summed E-state index contributed by atoms with van der Waals surface area (Å²) in [4.78, 5) is 23.1. The molecule has 5 nitrogen and oxygen atoms in total. The minimum Gasteiger partial charge on any atom is -0.481 e. The van der Waals surface area contributed by atoms with Gasteiger partial charge < -0.3 is 15.4 Å². The number of hydrogen-bond donors (Lipinski definition) is 2. The molecule has 2 N–H and O–H groups in total. The van der Waals surface area contributed by atoms with Crippen molar-refractivity contribution in [1.82, 2.24) is 0 Å². The van der Waals surface area contributed by atoms with E-state index in [4.69, 9.17) is 11.2 Å². The van der Waals surface area contributed by atoms with Crippen molar-refractivity contribution in [2.75, 3.05) is 17.2 Å². The summed E-state index contributed by atoms with van der Waals surface area (Å²) >= 11 is 0. The molecule has 0 aliphatic heterocycles. The Balaban J connectivity index is 1.98. The lowest BCUT2D eigenvalue weighted by atomic mass is 10.2. The number of ether oxygens (including phenoxy) is 1. The Morgan fingerprint density at radius 2 is 1.57 bits per heavy atom. The predicted molar refractivity (Wildman–Crippen MR) is 89.5 cm³/mol. The van der Waals surface area contributed by atoms with Gasteiger partial charge in [0, 0.05) is 23.9 Å². The standard InChI is InChI=1S/C18H16N2O3/c1-3-12-23-17-10-4-14(5-11-17)18(22)20-16-8-6-15(7-9-16)19-13(2)21/h1,4-11H,12H2,2H3,(H,19,21)(H,20,22). The number of carbonyl (C=O) groups is 2. The molecule has 2 aromatic carbocycles. The average molecular weight is 308 g/mol. The van der Waals surface area contributed by atoms with E-state index in [1.54, 1.807) is 48.5 Å². The molecule has 0 fully saturated rings. The average Bonchev–Trinajstić information content (AvgIpc) is 2.54. The van der Waals surface area contributed by atoms with Gasteiger partial charge in [-0.1, -0.05) is 5.92 Å². The van der Waals surface area contributed by atoms with Crippen molar-refractivity contribution in [2.45, 2.75) is 6.92 Å². The van der Waals surface area contributed by atoms with Gasteiger partial charge in [-0.3, -0.25) is 9.59 Å². The number of hydrogen-bond acceptors (Lipinski definition) is 3. The summed E-state index contributed by atoms with van der Waals surface area (Å²) in [5.74, 6) is 2.61. The number of carbonyl (C=O) groups excluding carboxylic acids is 2. The maximum Gasteiger partial charge on any atom is 0.255 e. The Morgan fingerprint density at radius 3 is 2.09 bits per heavy atom. The van der Waals surface area contributed by atoms with Gasteiger partial charge in [0.25, 0.3) is 5.91 Å². The minimum atomic E-state index is -0.235. The molecule has 2 rings (SSSR count). The molecule has 5 heteroatoms. The fourth-order valence-corrected chi connectivity index (χ4v) is 1.87. The van der Waals surface area contributed by atoms with Crippen LogP contribution in [-0.2, 0) is 4.79 Å². The molecule has 0 radical (unpaired) electrons. The molecule has 116 valence electrons. The maximum absolute atomic E-state index is 12.1. The third kappa shape index (κ3) is 4.90. The van der Waals surface area contributed by atoms with Crippen LogP contribution in [0.25, 0.3) is 0 Å². The molecular formula is C18H16N2O3. The number of amides is 2. The molecule has 0 aromatic heterocycles. The molecule has 2 aromatic rings. The summed E-state index contributed by atoms with van der Waals surface area (Å²) in [6.07, 6.45) is 5.12. The SMILES string of the molecule is C#CCOc1ccc(C(=O)Nc2ccc(NC(C)=O)cc2)cc1. The van der Waals surface area contributed by atoms with E-state index < -0.39 is 0 Å². The van der Waals surface area contributed by atoms with Crippen LogP contribution in [0.1, 0.15) is 17.3 Å². The van der Waals surface area contributed by atoms with Gasteiger partial charge >= 0.3 is 0 Å². The van der Waals surface area contributed by atoms with Gasteiger partial charge in [0.1, 0.15) is 12.4 Å². The van der Waals surface area contributed by atoms with Crippen LogP contribution in [0.3, 0.4) is 0 Å². The van der Waals surface area contributed by atoms with Gasteiger partial charge in [0.15, 0.2) is 0 Å². The zero-order valence-electron chi connectivity index (χ0n) is 12.6. The molecule has 0 aliphatic carbocycles. The Kier molecular flexibility index (Phi) is 5.37. The van der Waals surface area contributed by atoms with Crippen molar-refractivity contribution < 1.29 is 14.3 Å². The second-order valence-corrected chi connectivity index (χ2v) is 4.73. The van der Waals surface area contributed by atoms with Crippen LogP contribution in [-0.4, -0.2) is 18.4 Å². The van der Waals surface area contributed by atoms with Crippen molar-refractivity contribution >= 4 is 23.2 Å². The highest BCUT2D eigenvalue weighted by Crippen LogP contribution is 2.16. The Bertz CT molecular complexity index is 728. The summed E-state index contributed by atoms with van der Waals surface area (Å²) in [6.45, 7) is 1.62. The first-order valence-electron chi connectivity index (χ1n) is 6.94. The lowest BCUT2D eigenvalue weighted by molar-refractivity contribution is -0.114. The molecular weight excluding hydrogens is 292 g/mol. The molecule has 0 bridgehead atoms. The lowest BCUT2D eigenvalue weighted by Crippen LogP contribution is -2.12. The molecule has 0 unspecified atom stereocenters. The van der Waals surface area contributed by atoms with E-state index >= 15 is 0 Å². The quantitative estimate of drug-likeness (QED) is 0.835. The second kappa shape index (κ2) is 7.66. The minimum absolute atomic E-state index is 0.145. The molecule has 0 saturated heterocycles. The Hall–Kier alpha value is -3.26. The molecule has 23 heavy (non-hydrogen) atoms. The number of anilines is 2. The number of benzene rings is 2. The fourth-order valence-electron chi connectivity index (χ4n) is 1.87. The summed E-state index contributed by atoms with van der Waals surface area (Å²) < 4.78 is 5.25. The predicted octanol–water partition coefficient (Wildman–Crippen LogP) is 2.91. The van der Waals surface area contributed by atoms with E-state index in [0.29, 0.717) is 22.7 Å². The lowest BCUT2D eigenvalue weighted by Gasteiger charge is -2.08.